The van der Waals surface area contributed by atoms with Gasteiger partial charge in [-0.1, -0.05) is 0 Å². The highest BCUT2D eigenvalue weighted by molar-refractivity contribution is 5.77. The molecular formula is C20H37NO6. The van der Waals surface area contributed by atoms with Crippen molar-refractivity contribution in [1.82, 2.24) is 4.90 Å². The summed E-state index contributed by atoms with van der Waals surface area (Å²) in [5.41, 5.74) is -1.76. The average Bonchev–Trinajstić information content (AvgIpc) is 2.50. The van der Waals surface area contributed by atoms with Crippen LogP contribution in [-0.4, -0.2) is 70.1 Å². The Kier molecular flexibility index (Phi) is 7.85. The van der Waals surface area contributed by atoms with E-state index in [2.05, 4.69) is 18.7 Å². The molecule has 1 saturated heterocycles. The second-order valence-corrected chi connectivity index (χ2v) is 8.84. The maximum Gasteiger partial charge on any atom is 0.306 e. The molecule has 3 atom stereocenters. The van der Waals surface area contributed by atoms with Crippen molar-refractivity contribution in [2.24, 2.45) is 5.92 Å². The molecule has 0 radical (unpaired) electrons. The fraction of sp³-hybridized carbons (Fsp3) is 0.900. The molecule has 0 aliphatic carbocycles. The number of carbonyl (C=O) groups excluding carboxylic acids is 2. The summed E-state index contributed by atoms with van der Waals surface area (Å²) in [6.45, 7) is 11.7. The van der Waals surface area contributed by atoms with Gasteiger partial charge in [0, 0.05) is 30.0 Å². The van der Waals surface area contributed by atoms with E-state index in [1.807, 2.05) is 20.9 Å². The molecule has 7 nitrogen and oxygen atoms in total. The Bertz CT molecular complexity index is 533. The van der Waals surface area contributed by atoms with Crippen LogP contribution in [0.2, 0.25) is 0 Å². The number of nitrogens with zero attached hydrogens (tertiary/aromatic N) is 1. The minimum absolute atomic E-state index is 0.0502. The summed E-state index contributed by atoms with van der Waals surface area (Å²) in [6, 6.07) is 0. The highest BCUT2D eigenvalue weighted by Gasteiger charge is 2.57. The van der Waals surface area contributed by atoms with Crippen LogP contribution in [0.15, 0.2) is 0 Å². The summed E-state index contributed by atoms with van der Waals surface area (Å²) in [5, 5.41) is 20.5. The zero-order valence-corrected chi connectivity index (χ0v) is 17.9. The molecule has 0 amide bonds. The lowest BCUT2D eigenvalue weighted by Crippen LogP contribution is -2.70. The number of likely N-dealkylation sites (tertiary alicyclic amines) is 1. The van der Waals surface area contributed by atoms with Gasteiger partial charge in [0.25, 0.3) is 0 Å². The summed E-state index contributed by atoms with van der Waals surface area (Å²) >= 11 is 0. The van der Waals surface area contributed by atoms with Gasteiger partial charge in [-0.05, 0) is 55.0 Å². The number of aliphatic hydroxyl groups excluding tert-OH is 2. The first-order valence-electron chi connectivity index (χ1n) is 9.72. The third-order valence-corrected chi connectivity index (χ3v) is 6.08. The van der Waals surface area contributed by atoms with Crippen LogP contribution < -0.4 is 0 Å². The van der Waals surface area contributed by atoms with Gasteiger partial charge in [-0.2, -0.15) is 0 Å². The highest BCUT2D eigenvalue weighted by Crippen LogP contribution is 2.47. The smallest absolute Gasteiger partial charge is 0.306 e. The predicted molar refractivity (Wildman–Crippen MR) is 102 cm³/mol. The number of ether oxygens (including phenoxy) is 2. The van der Waals surface area contributed by atoms with Crippen LogP contribution in [0.5, 0.6) is 0 Å². The van der Waals surface area contributed by atoms with E-state index in [1.165, 1.54) is 0 Å². The summed E-state index contributed by atoms with van der Waals surface area (Å²) in [7, 11) is 2.00. The van der Waals surface area contributed by atoms with E-state index in [0.29, 0.717) is 6.42 Å². The van der Waals surface area contributed by atoms with Crippen molar-refractivity contribution in [3.63, 3.8) is 0 Å². The minimum atomic E-state index is -1.06. The van der Waals surface area contributed by atoms with Crippen molar-refractivity contribution < 1.29 is 29.3 Å². The third kappa shape index (κ3) is 5.42. The van der Waals surface area contributed by atoms with Crippen molar-refractivity contribution in [3.8, 4) is 0 Å². The first-order chi connectivity index (χ1) is 12.3. The van der Waals surface area contributed by atoms with E-state index < -0.39 is 35.1 Å². The fourth-order valence-electron chi connectivity index (χ4n) is 4.62. The van der Waals surface area contributed by atoms with Crippen molar-refractivity contribution in [3.05, 3.63) is 0 Å². The Morgan fingerprint density at radius 1 is 1.19 bits per heavy atom. The minimum Gasteiger partial charge on any atom is -0.466 e. The van der Waals surface area contributed by atoms with Crippen LogP contribution in [0.1, 0.15) is 67.2 Å². The Labute approximate surface area is 163 Å². The molecule has 1 heterocycles. The largest absolute Gasteiger partial charge is 0.466 e. The standard InChI is InChI=1S/C20H37NO6/c1-8-26-15(24)9-10-16(25)27-20(6,11-12-22)17-14(23)13-18(2,3)21(7)19(17,4)5/h14,17,22-23H,8-13H2,1-7H3. The SMILES string of the molecule is CCOC(=O)CCC(=O)OC(C)(CCO)C1C(O)CC(C)(C)N(C)C1(C)C. The maximum absolute atomic E-state index is 12.4. The topological polar surface area (TPSA) is 96.3 Å². The number of piperidine rings is 1. The van der Waals surface area contributed by atoms with Crippen LogP contribution in [-0.2, 0) is 19.1 Å². The van der Waals surface area contributed by atoms with Gasteiger partial charge in [-0.3, -0.25) is 14.5 Å². The zero-order valence-electron chi connectivity index (χ0n) is 17.9. The number of hydrogen-bond acceptors (Lipinski definition) is 7. The molecule has 1 aliphatic heterocycles. The molecule has 3 unspecified atom stereocenters. The molecule has 1 fully saturated rings. The molecule has 0 saturated carbocycles. The number of aliphatic hydroxyl groups is 2. The van der Waals surface area contributed by atoms with Crippen LogP contribution in [0.4, 0.5) is 0 Å². The van der Waals surface area contributed by atoms with E-state index in [-0.39, 0.29) is 38.0 Å². The van der Waals surface area contributed by atoms with E-state index in [1.54, 1.807) is 13.8 Å². The molecule has 1 rings (SSSR count). The lowest BCUT2D eigenvalue weighted by molar-refractivity contribution is -0.206. The first kappa shape index (κ1) is 23.9. The third-order valence-electron chi connectivity index (χ3n) is 6.08. The van der Waals surface area contributed by atoms with Gasteiger partial charge in [-0.15, -0.1) is 0 Å². The van der Waals surface area contributed by atoms with Crippen molar-refractivity contribution in [2.75, 3.05) is 20.3 Å². The molecule has 0 spiro atoms. The number of rotatable bonds is 8. The van der Waals surface area contributed by atoms with E-state index in [0.717, 1.165) is 0 Å². The molecule has 0 aromatic carbocycles. The lowest BCUT2D eigenvalue weighted by atomic mass is 9.63. The second-order valence-electron chi connectivity index (χ2n) is 8.84. The maximum atomic E-state index is 12.4. The van der Waals surface area contributed by atoms with E-state index in [4.69, 9.17) is 9.47 Å². The Morgan fingerprint density at radius 3 is 2.26 bits per heavy atom. The Balaban J connectivity index is 3.03. The molecule has 0 aromatic rings. The zero-order chi connectivity index (χ0) is 21.0. The van der Waals surface area contributed by atoms with Crippen molar-refractivity contribution in [2.45, 2.75) is 90.0 Å². The van der Waals surface area contributed by atoms with Crippen LogP contribution in [0.3, 0.4) is 0 Å². The Morgan fingerprint density at radius 2 is 1.74 bits per heavy atom. The lowest BCUT2D eigenvalue weighted by Gasteiger charge is -2.60. The van der Waals surface area contributed by atoms with E-state index in [9.17, 15) is 19.8 Å². The summed E-state index contributed by atoms with van der Waals surface area (Å²) < 4.78 is 10.6. The number of hydrogen-bond donors (Lipinski definition) is 2. The van der Waals surface area contributed by atoms with Crippen LogP contribution in [0.25, 0.3) is 0 Å². The van der Waals surface area contributed by atoms with Gasteiger partial charge in [0.15, 0.2) is 0 Å². The Hall–Kier alpha value is -1.18. The average molecular weight is 388 g/mol. The monoisotopic (exact) mass is 387 g/mol. The normalized spacial score (nSPS) is 26.9. The first-order valence-corrected chi connectivity index (χ1v) is 9.72. The molecule has 0 bridgehead atoms. The van der Waals surface area contributed by atoms with E-state index >= 15 is 0 Å². The highest BCUT2D eigenvalue weighted by atomic mass is 16.6. The molecule has 158 valence electrons. The quantitative estimate of drug-likeness (QED) is 0.614. The van der Waals surface area contributed by atoms with Gasteiger partial charge in [0.2, 0.25) is 0 Å². The fourth-order valence-corrected chi connectivity index (χ4v) is 4.62. The molecule has 1 aliphatic rings. The van der Waals surface area contributed by atoms with Crippen molar-refractivity contribution in [1.29, 1.82) is 0 Å². The molecular weight excluding hydrogens is 350 g/mol. The summed E-state index contributed by atoms with van der Waals surface area (Å²) in [5.74, 6) is -1.38. The van der Waals surface area contributed by atoms with Gasteiger partial charge < -0.3 is 19.7 Å². The molecule has 7 heteroatoms. The summed E-state index contributed by atoms with van der Waals surface area (Å²) in [4.78, 5) is 26.1. The number of carbonyl (C=O) groups is 2. The summed E-state index contributed by atoms with van der Waals surface area (Å²) in [6.07, 6.45) is -0.104. The van der Waals surface area contributed by atoms with Gasteiger partial charge >= 0.3 is 11.9 Å². The van der Waals surface area contributed by atoms with Gasteiger partial charge in [-0.25, -0.2) is 0 Å². The molecule has 2 N–H and O–H groups in total. The molecule has 27 heavy (non-hydrogen) atoms. The van der Waals surface area contributed by atoms with Crippen molar-refractivity contribution >= 4 is 11.9 Å². The van der Waals surface area contributed by atoms with Gasteiger partial charge in [0.05, 0.1) is 25.6 Å². The predicted octanol–water partition coefficient (Wildman–Crippen LogP) is 1.88. The second kappa shape index (κ2) is 8.88. The van der Waals surface area contributed by atoms with Gasteiger partial charge in [0.1, 0.15) is 5.60 Å². The van der Waals surface area contributed by atoms with Crippen LogP contribution >= 0.6 is 0 Å². The number of esters is 2. The molecule has 0 aromatic heterocycles. The van der Waals surface area contributed by atoms with Crippen LogP contribution in [0, 0.1) is 5.92 Å².